The smallest absolute Gasteiger partial charge is 0.237 e. The summed E-state index contributed by atoms with van der Waals surface area (Å²) >= 11 is 0. The first kappa shape index (κ1) is 29.0. The van der Waals surface area contributed by atoms with Crippen molar-refractivity contribution in [3.8, 4) is 22.9 Å². The van der Waals surface area contributed by atoms with Crippen LogP contribution in [0.1, 0.15) is 44.4 Å². The molecule has 4 aromatic rings. The number of carbonyl (C=O) groups excluding carboxylic acids is 1. The summed E-state index contributed by atoms with van der Waals surface area (Å²) in [5, 5.41) is 26.9. The first-order chi connectivity index (χ1) is 20.3. The minimum atomic E-state index is -0.789. The molecule has 0 radical (unpaired) electrons. The monoisotopic (exact) mass is 568 g/mol. The van der Waals surface area contributed by atoms with E-state index in [0.29, 0.717) is 55.8 Å². The van der Waals surface area contributed by atoms with Gasteiger partial charge in [0.2, 0.25) is 5.91 Å². The highest BCUT2D eigenvalue weighted by molar-refractivity contribution is 5.85. The van der Waals surface area contributed by atoms with Gasteiger partial charge in [0.15, 0.2) is 0 Å². The highest BCUT2D eigenvalue weighted by Gasteiger charge is 2.38. The van der Waals surface area contributed by atoms with E-state index in [2.05, 4.69) is 26.4 Å². The first-order valence-corrected chi connectivity index (χ1v) is 14.2. The molecular weight excluding hydrogens is 532 g/mol. The van der Waals surface area contributed by atoms with Crippen LogP contribution in [0.15, 0.2) is 61.2 Å². The van der Waals surface area contributed by atoms with Crippen LogP contribution in [0.25, 0.3) is 16.6 Å². The van der Waals surface area contributed by atoms with Gasteiger partial charge in [-0.05, 0) is 63.4 Å². The molecular formula is C31H36N8O3. The van der Waals surface area contributed by atoms with Gasteiger partial charge in [-0.3, -0.25) is 9.78 Å². The molecule has 11 nitrogen and oxygen atoms in total. The molecule has 0 spiro atoms. The van der Waals surface area contributed by atoms with Gasteiger partial charge in [0, 0.05) is 54.3 Å². The van der Waals surface area contributed by atoms with Crippen molar-refractivity contribution in [2.24, 2.45) is 5.73 Å². The number of anilines is 1. The maximum absolute atomic E-state index is 13.0. The highest BCUT2D eigenvalue weighted by Crippen LogP contribution is 2.33. The summed E-state index contributed by atoms with van der Waals surface area (Å²) in [5.74, 6) is 1.22. The van der Waals surface area contributed by atoms with Crippen LogP contribution in [-0.2, 0) is 11.2 Å². The molecule has 11 heteroatoms. The van der Waals surface area contributed by atoms with Gasteiger partial charge in [0.05, 0.1) is 42.2 Å². The topological polar surface area (TPSA) is 155 Å². The number of nitrogens with one attached hydrogen (secondary N) is 1. The number of aliphatic hydroxyl groups is 1. The van der Waals surface area contributed by atoms with Gasteiger partial charge in [0.1, 0.15) is 17.6 Å². The summed E-state index contributed by atoms with van der Waals surface area (Å²) in [6.07, 6.45) is 8.36. The van der Waals surface area contributed by atoms with Gasteiger partial charge in [0.25, 0.3) is 0 Å². The number of amides is 1. The molecule has 1 fully saturated rings. The second-order valence-corrected chi connectivity index (χ2v) is 10.8. The predicted octanol–water partition coefficient (Wildman–Crippen LogP) is 2.86. The third-order valence-electron chi connectivity index (χ3n) is 7.69. The Morgan fingerprint density at radius 3 is 2.69 bits per heavy atom. The quantitative estimate of drug-likeness (QED) is 0.262. The van der Waals surface area contributed by atoms with E-state index in [1.807, 2.05) is 43.3 Å². The molecule has 1 saturated heterocycles. The lowest BCUT2D eigenvalue weighted by Gasteiger charge is -2.43. The molecule has 0 saturated carbocycles. The Bertz CT molecular complexity index is 1560. The minimum absolute atomic E-state index is 0.197. The zero-order valence-corrected chi connectivity index (χ0v) is 23.9. The van der Waals surface area contributed by atoms with Crippen LogP contribution in [0.3, 0.4) is 0 Å². The van der Waals surface area contributed by atoms with E-state index >= 15 is 0 Å². The number of nitrogens with two attached hydrogens (primary N) is 1. The molecule has 42 heavy (non-hydrogen) atoms. The lowest BCUT2D eigenvalue weighted by Crippen LogP contribution is -2.60. The number of ether oxygens (including phenoxy) is 1. The fraction of sp³-hybridized carbons (Fsp3) is 0.387. The molecule has 5 heterocycles. The molecule has 0 unspecified atom stereocenters. The number of nitriles is 1. The Balaban J connectivity index is 1.35. The molecule has 1 amide bonds. The molecule has 4 N–H and O–H groups in total. The second-order valence-electron chi connectivity index (χ2n) is 10.8. The molecule has 2 atom stereocenters. The van der Waals surface area contributed by atoms with E-state index in [1.165, 1.54) is 0 Å². The molecule has 4 aromatic heterocycles. The number of pyridine rings is 3. The SMILES string of the molecule is CCOc1cc(-c2ccc(N3CCC(Cc4ccccn4)(NC(=O)[C@@H](N)C[C@@H](C)O)CC3)nc2)c2c(C#N)cnn2c1. The number of aliphatic hydroxyl groups excluding tert-OH is 1. The summed E-state index contributed by atoms with van der Waals surface area (Å²) in [7, 11) is 0. The fourth-order valence-corrected chi connectivity index (χ4v) is 5.56. The van der Waals surface area contributed by atoms with Crippen LogP contribution >= 0.6 is 0 Å². The molecule has 1 aliphatic heterocycles. The van der Waals surface area contributed by atoms with Crippen LogP contribution < -0.4 is 20.7 Å². The Kier molecular flexibility index (Phi) is 8.66. The van der Waals surface area contributed by atoms with Gasteiger partial charge in [-0.2, -0.15) is 10.4 Å². The van der Waals surface area contributed by atoms with Crippen molar-refractivity contribution in [3.63, 3.8) is 0 Å². The number of carbonyl (C=O) groups is 1. The fourth-order valence-electron chi connectivity index (χ4n) is 5.56. The molecule has 5 rings (SSSR count). The second kappa shape index (κ2) is 12.5. The van der Waals surface area contributed by atoms with Crippen molar-refractivity contribution in [2.75, 3.05) is 24.6 Å². The van der Waals surface area contributed by atoms with E-state index in [0.717, 1.165) is 22.6 Å². The number of nitrogens with zero attached hydrogens (tertiary/aromatic N) is 6. The summed E-state index contributed by atoms with van der Waals surface area (Å²) in [6, 6.07) is 13.1. The Morgan fingerprint density at radius 2 is 2.05 bits per heavy atom. The molecule has 0 aliphatic carbocycles. The molecule has 0 aromatic carbocycles. The Morgan fingerprint density at radius 1 is 1.24 bits per heavy atom. The number of hydrogen-bond donors (Lipinski definition) is 3. The van der Waals surface area contributed by atoms with E-state index in [4.69, 9.17) is 15.5 Å². The summed E-state index contributed by atoms with van der Waals surface area (Å²) in [6.45, 7) is 5.41. The zero-order valence-electron chi connectivity index (χ0n) is 23.9. The predicted molar refractivity (Wildman–Crippen MR) is 159 cm³/mol. The van der Waals surface area contributed by atoms with Gasteiger partial charge < -0.3 is 25.8 Å². The zero-order chi connectivity index (χ0) is 29.7. The summed E-state index contributed by atoms with van der Waals surface area (Å²) in [4.78, 5) is 24.5. The van der Waals surface area contributed by atoms with E-state index < -0.39 is 17.7 Å². The minimum Gasteiger partial charge on any atom is -0.492 e. The maximum Gasteiger partial charge on any atom is 0.237 e. The third-order valence-corrected chi connectivity index (χ3v) is 7.69. The van der Waals surface area contributed by atoms with Crippen molar-refractivity contribution in [2.45, 2.75) is 57.2 Å². The van der Waals surface area contributed by atoms with E-state index in [-0.39, 0.29) is 12.3 Å². The average Bonchev–Trinajstić information content (AvgIpc) is 3.41. The first-order valence-electron chi connectivity index (χ1n) is 14.2. The van der Waals surface area contributed by atoms with Gasteiger partial charge in [-0.25, -0.2) is 9.50 Å². The average molecular weight is 569 g/mol. The van der Waals surface area contributed by atoms with Crippen molar-refractivity contribution in [1.29, 1.82) is 5.26 Å². The molecule has 218 valence electrons. The number of aromatic nitrogens is 4. The third kappa shape index (κ3) is 6.35. The van der Waals surface area contributed by atoms with Crippen LogP contribution in [-0.4, -0.2) is 68.0 Å². The number of rotatable bonds is 10. The van der Waals surface area contributed by atoms with Crippen molar-refractivity contribution in [1.82, 2.24) is 24.9 Å². The van der Waals surface area contributed by atoms with Gasteiger partial charge in [-0.15, -0.1) is 0 Å². The van der Waals surface area contributed by atoms with Gasteiger partial charge >= 0.3 is 0 Å². The number of piperidine rings is 1. The summed E-state index contributed by atoms with van der Waals surface area (Å²) < 4.78 is 7.40. The standard InChI is InChI=1S/C31H36N8O3/c1-3-42-25-15-26(29-23(17-32)19-36-39(29)20-25)22-7-8-28(35-18-22)38-12-9-31(10-13-38,16-24-6-4-5-11-34-24)37-30(41)27(33)14-21(2)40/h4-8,11,15,18-21,27,40H,3,9-10,12-14,16,33H2,1-2H3,(H,37,41)/t21-,27+/m1/s1. The van der Waals surface area contributed by atoms with Crippen molar-refractivity contribution < 1.29 is 14.6 Å². The van der Waals surface area contributed by atoms with Crippen LogP contribution in [0, 0.1) is 11.3 Å². The molecule has 1 aliphatic rings. The largest absolute Gasteiger partial charge is 0.492 e. The van der Waals surface area contributed by atoms with Crippen molar-refractivity contribution in [3.05, 3.63) is 72.4 Å². The van der Waals surface area contributed by atoms with Crippen LogP contribution in [0.5, 0.6) is 5.75 Å². The normalized spacial score (nSPS) is 16.0. The Labute approximate surface area is 245 Å². The number of fused-ring (bicyclic) bond motifs is 1. The van der Waals surface area contributed by atoms with Crippen molar-refractivity contribution >= 4 is 17.2 Å². The van der Waals surface area contributed by atoms with Gasteiger partial charge in [-0.1, -0.05) is 6.07 Å². The lowest BCUT2D eigenvalue weighted by molar-refractivity contribution is -0.125. The van der Waals surface area contributed by atoms with Crippen LogP contribution in [0.4, 0.5) is 5.82 Å². The lowest BCUT2D eigenvalue weighted by atomic mass is 9.82. The Hall–Kier alpha value is -4.53. The summed E-state index contributed by atoms with van der Waals surface area (Å²) in [5.41, 5.74) is 9.34. The number of hydrogen-bond acceptors (Lipinski definition) is 9. The van der Waals surface area contributed by atoms with E-state index in [1.54, 1.807) is 36.2 Å². The maximum atomic E-state index is 13.0. The van der Waals surface area contributed by atoms with E-state index in [9.17, 15) is 15.2 Å². The van der Waals surface area contributed by atoms with Crippen LogP contribution in [0.2, 0.25) is 0 Å². The highest BCUT2D eigenvalue weighted by atomic mass is 16.5. The molecule has 0 bridgehead atoms.